The van der Waals surface area contributed by atoms with Gasteiger partial charge in [0.15, 0.2) is 0 Å². The van der Waals surface area contributed by atoms with Crippen molar-refractivity contribution in [2.45, 2.75) is 63.2 Å². The van der Waals surface area contributed by atoms with Crippen molar-refractivity contribution in [3.63, 3.8) is 0 Å². The van der Waals surface area contributed by atoms with Crippen molar-refractivity contribution in [1.29, 1.82) is 0 Å². The molecular formula is C15H28N2OS. The zero-order valence-corrected chi connectivity index (χ0v) is 12.9. The minimum atomic E-state index is 0.284. The van der Waals surface area contributed by atoms with E-state index >= 15 is 0 Å². The van der Waals surface area contributed by atoms with Gasteiger partial charge >= 0.3 is 0 Å². The molecule has 0 aromatic carbocycles. The van der Waals surface area contributed by atoms with Crippen LogP contribution in [-0.2, 0) is 4.79 Å². The highest BCUT2D eigenvalue weighted by molar-refractivity contribution is 7.99. The van der Waals surface area contributed by atoms with Gasteiger partial charge in [-0.3, -0.25) is 4.79 Å². The van der Waals surface area contributed by atoms with Crippen LogP contribution in [-0.4, -0.2) is 36.0 Å². The molecule has 110 valence electrons. The van der Waals surface area contributed by atoms with Gasteiger partial charge in [-0.05, 0) is 56.9 Å². The van der Waals surface area contributed by atoms with Crippen molar-refractivity contribution in [2.75, 3.05) is 18.8 Å². The summed E-state index contributed by atoms with van der Waals surface area (Å²) in [5.41, 5.74) is 0. The van der Waals surface area contributed by atoms with Gasteiger partial charge in [-0.2, -0.15) is 11.8 Å². The minimum absolute atomic E-state index is 0.284. The van der Waals surface area contributed by atoms with Crippen molar-refractivity contribution in [1.82, 2.24) is 10.6 Å². The number of amides is 1. The molecule has 3 nitrogen and oxygen atoms in total. The van der Waals surface area contributed by atoms with Crippen LogP contribution >= 0.6 is 11.8 Å². The van der Waals surface area contributed by atoms with Gasteiger partial charge in [0.05, 0.1) is 0 Å². The van der Waals surface area contributed by atoms with Crippen molar-refractivity contribution in [3.8, 4) is 0 Å². The van der Waals surface area contributed by atoms with Crippen molar-refractivity contribution in [3.05, 3.63) is 0 Å². The zero-order valence-electron chi connectivity index (χ0n) is 12.1. The predicted molar refractivity (Wildman–Crippen MR) is 82.5 cm³/mol. The maximum absolute atomic E-state index is 12.1. The first-order chi connectivity index (χ1) is 9.29. The third kappa shape index (κ3) is 4.99. The fourth-order valence-corrected chi connectivity index (χ4v) is 4.49. The van der Waals surface area contributed by atoms with Gasteiger partial charge in [0.1, 0.15) is 0 Å². The Hall–Kier alpha value is -0.220. The molecule has 2 atom stereocenters. The summed E-state index contributed by atoms with van der Waals surface area (Å²) in [7, 11) is 0. The van der Waals surface area contributed by atoms with E-state index in [-0.39, 0.29) is 5.91 Å². The van der Waals surface area contributed by atoms with Crippen LogP contribution in [0.3, 0.4) is 0 Å². The number of nitrogens with one attached hydrogen (secondary N) is 2. The number of hydrogen-bond donors (Lipinski definition) is 2. The van der Waals surface area contributed by atoms with Gasteiger partial charge < -0.3 is 10.6 Å². The predicted octanol–water partition coefficient (Wildman–Crippen LogP) is 2.56. The Bertz CT molecular complexity index is 279. The Balaban J connectivity index is 1.65. The second-order valence-electron chi connectivity index (χ2n) is 5.83. The topological polar surface area (TPSA) is 41.1 Å². The molecule has 2 unspecified atom stereocenters. The number of carbonyl (C=O) groups is 1. The Morgan fingerprint density at radius 3 is 2.79 bits per heavy atom. The summed E-state index contributed by atoms with van der Waals surface area (Å²) in [5, 5.41) is 7.32. The molecule has 2 N–H and O–H groups in total. The van der Waals surface area contributed by atoms with Crippen LogP contribution in [0.4, 0.5) is 0 Å². The van der Waals surface area contributed by atoms with Crippen LogP contribution in [0.5, 0.6) is 0 Å². The van der Waals surface area contributed by atoms with Crippen molar-refractivity contribution >= 4 is 17.7 Å². The van der Waals surface area contributed by atoms with Gasteiger partial charge in [-0.1, -0.05) is 13.3 Å². The summed E-state index contributed by atoms with van der Waals surface area (Å²) >= 11 is 2.01. The lowest BCUT2D eigenvalue weighted by atomic mass is 9.93. The summed E-state index contributed by atoms with van der Waals surface area (Å²) in [6, 6.07) is 0.436. The van der Waals surface area contributed by atoms with E-state index in [0.29, 0.717) is 11.3 Å². The molecule has 0 aromatic rings. The lowest BCUT2D eigenvalue weighted by molar-refractivity contribution is -0.122. The molecule has 1 saturated heterocycles. The van der Waals surface area contributed by atoms with Crippen LogP contribution in [0.1, 0.15) is 51.9 Å². The second kappa shape index (κ2) is 8.15. The van der Waals surface area contributed by atoms with E-state index in [0.717, 1.165) is 37.6 Å². The highest BCUT2D eigenvalue weighted by Crippen LogP contribution is 2.30. The van der Waals surface area contributed by atoms with Crippen molar-refractivity contribution < 1.29 is 4.79 Å². The van der Waals surface area contributed by atoms with Gasteiger partial charge in [0, 0.05) is 17.7 Å². The largest absolute Gasteiger partial charge is 0.352 e. The highest BCUT2D eigenvalue weighted by atomic mass is 32.2. The lowest BCUT2D eigenvalue weighted by Crippen LogP contribution is -2.39. The van der Waals surface area contributed by atoms with Crippen LogP contribution < -0.4 is 10.6 Å². The summed E-state index contributed by atoms with van der Waals surface area (Å²) in [6.45, 7) is 4.47. The molecular weight excluding hydrogens is 256 g/mol. The molecule has 2 aliphatic rings. The molecule has 0 spiro atoms. The SMILES string of the molecule is CCSC1CCCC1NC(=O)CCC1CCNCC1. The number of piperidine rings is 1. The first kappa shape index (κ1) is 15.2. The summed E-state index contributed by atoms with van der Waals surface area (Å²) < 4.78 is 0. The minimum Gasteiger partial charge on any atom is -0.352 e. The first-order valence-corrected chi connectivity index (χ1v) is 8.96. The molecule has 19 heavy (non-hydrogen) atoms. The van der Waals surface area contributed by atoms with Crippen LogP contribution in [0, 0.1) is 5.92 Å². The van der Waals surface area contributed by atoms with E-state index in [1.807, 2.05) is 11.8 Å². The van der Waals surface area contributed by atoms with Crippen LogP contribution in [0.25, 0.3) is 0 Å². The standard InChI is InChI=1S/C15H28N2OS/c1-2-19-14-5-3-4-13(14)17-15(18)7-6-12-8-10-16-11-9-12/h12-14,16H,2-11H2,1H3,(H,17,18). The zero-order chi connectivity index (χ0) is 13.5. The van der Waals surface area contributed by atoms with Crippen LogP contribution in [0.15, 0.2) is 0 Å². The second-order valence-corrected chi connectivity index (χ2v) is 7.35. The lowest BCUT2D eigenvalue weighted by Gasteiger charge is -2.23. The van der Waals surface area contributed by atoms with Crippen LogP contribution in [0.2, 0.25) is 0 Å². The van der Waals surface area contributed by atoms with Gasteiger partial charge in [0.25, 0.3) is 0 Å². The summed E-state index contributed by atoms with van der Waals surface area (Å²) in [5.74, 6) is 2.20. The van der Waals surface area contributed by atoms with E-state index < -0.39 is 0 Å². The number of carbonyl (C=O) groups excluding carboxylic acids is 1. The Morgan fingerprint density at radius 2 is 2.05 bits per heavy atom. The smallest absolute Gasteiger partial charge is 0.220 e. The third-order valence-corrected chi connectivity index (χ3v) is 5.74. The molecule has 1 aliphatic carbocycles. The number of hydrogen-bond acceptors (Lipinski definition) is 3. The Labute approximate surface area is 121 Å². The van der Waals surface area contributed by atoms with E-state index in [4.69, 9.17) is 0 Å². The normalized spacial score (nSPS) is 28.5. The molecule has 0 bridgehead atoms. The molecule has 1 saturated carbocycles. The Morgan fingerprint density at radius 1 is 1.26 bits per heavy atom. The van der Waals surface area contributed by atoms with Gasteiger partial charge in [-0.25, -0.2) is 0 Å². The van der Waals surface area contributed by atoms with E-state index in [1.165, 1.54) is 32.1 Å². The summed E-state index contributed by atoms with van der Waals surface area (Å²) in [4.78, 5) is 12.1. The third-order valence-electron chi connectivity index (χ3n) is 4.42. The highest BCUT2D eigenvalue weighted by Gasteiger charge is 2.28. The van der Waals surface area contributed by atoms with Gasteiger partial charge in [0.2, 0.25) is 5.91 Å². The molecule has 1 heterocycles. The molecule has 2 rings (SSSR count). The van der Waals surface area contributed by atoms with Crippen molar-refractivity contribution in [2.24, 2.45) is 5.92 Å². The number of thioether (sulfide) groups is 1. The maximum Gasteiger partial charge on any atom is 0.220 e. The van der Waals surface area contributed by atoms with Gasteiger partial charge in [-0.15, -0.1) is 0 Å². The monoisotopic (exact) mass is 284 g/mol. The van der Waals surface area contributed by atoms with E-state index in [9.17, 15) is 4.79 Å². The fraction of sp³-hybridized carbons (Fsp3) is 0.933. The average Bonchev–Trinajstić information content (AvgIpc) is 2.85. The van der Waals surface area contributed by atoms with E-state index in [2.05, 4.69) is 17.6 Å². The average molecular weight is 284 g/mol. The molecule has 1 amide bonds. The van der Waals surface area contributed by atoms with E-state index in [1.54, 1.807) is 0 Å². The molecule has 2 fully saturated rings. The molecule has 0 aromatic heterocycles. The quantitative estimate of drug-likeness (QED) is 0.787. The number of rotatable bonds is 6. The first-order valence-electron chi connectivity index (χ1n) is 7.91. The summed E-state index contributed by atoms with van der Waals surface area (Å²) in [6.07, 6.45) is 8.01. The Kier molecular flexibility index (Phi) is 6.51. The fourth-order valence-electron chi connectivity index (χ4n) is 3.29. The molecule has 4 heteroatoms. The molecule has 1 aliphatic heterocycles. The molecule has 0 radical (unpaired) electrons. The maximum atomic E-state index is 12.1.